The van der Waals surface area contributed by atoms with Crippen molar-refractivity contribution in [2.75, 3.05) is 13.1 Å². The number of ether oxygens (including phenoxy) is 1. The van der Waals surface area contributed by atoms with Gasteiger partial charge in [0, 0.05) is 13.0 Å². The highest BCUT2D eigenvalue weighted by atomic mass is 16.5. The number of carboxylic acid groups (broad SMARTS) is 1. The zero-order valence-corrected chi connectivity index (χ0v) is 11.4. The van der Waals surface area contributed by atoms with E-state index in [1.54, 1.807) is 12.1 Å². The first-order valence-electron chi connectivity index (χ1n) is 6.59. The van der Waals surface area contributed by atoms with Crippen LogP contribution in [0, 0.1) is 0 Å². The van der Waals surface area contributed by atoms with E-state index in [0.29, 0.717) is 0 Å². The van der Waals surface area contributed by atoms with Crippen LogP contribution in [0.5, 0.6) is 0 Å². The number of amides is 1. The van der Waals surface area contributed by atoms with Gasteiger partial charge in [0.1, 0.15) is 6.61 Å². The summed E-state index contributed by atoms with van der Waals surface area (Å²) in [4.78, 5) is 24.4. The van der Waals surface area contributed by atoms with Crippen LogP contribution in [0.1, 0.15) is 12.0 Å². The van der Waals surface area contributed by atoms with Crippen molar-refractivity contribution in [3.63, 3.8) is 0 Å². The number of carbonyl (C=O) groups excluding carboxylic acids is 1. The largest absolute Gasteiger partial charge is 0.465 e. The average molecular weight is 294 g/mol. The Kier molecular flexibility index (Phi) is 4.44. The number of nitrogens with zero attached hydrogens (tertiary/aromatic N) is 1. The molecule has 7 nitrogen and oxygen atoms in total. The summed E-state index contributed by atoms with van der Waals surface area (Å²) in [5, 5.41) is 18.9. The van der Waals surface area contributed by atoms with Gasteiger partial charge in [0.2, 0.25) is 0 Å². The van der Waals surface area contributed by atoms with Crippen molar-refractivity contribution in [3.05, 3.63) is 35.9 Å². The first kappa shape index (κ1) is 15.3. The molecule has 1 aromatic rings. The quantitative estimate of drug-likeness (QED) is 0.682. The second-order valence-electron chi connectivity index (χ2n) is 5.05. The molecule has 1 amide bonds. The van der Waals surface area contributed by atoms with Crippen molar-refractivity contribution in [1.29, 1.82) is 0 Å². The minimum atomic E-state index is -1.51. The monoisotopic (exact) mass is 294 g/mol. The van der Waals surface area contributed by atoms with Crippen molar-refractivity contribution in [1.82, 2.24) is 4.90 Å². The van der Waals surface area contributed by atoms with Gasteiger partial charge < -0.3 is 20.7 Å². The van der Waals surface area contributed by atoms with Gasteiger partial charge in [-0.25, -0.2) is 9.59 Å². The highest BCUT2D eigenvalue weighted by Crippen LogP contribution is 2.30. The minimum Gasteiger partial charge on any atom is -0.465 e. The van der Waals surface area contributed by atoms with Gasteiger partial charge in [-0.1, -0.05) is 30.3 Å². The molecular formula is C14H18N2O5. The number of aliphatic hydroxyl groups excluding tert-OH is 1. The predicted octanol–water partition coefficient (Wildman–Crippen LogP) is 0.172. The summed E-state index contributed by atoms with van der Waals surface area (Å²) >= 11 is 0. The van der Waals surface area contributed by atoms with Crippen LogP contribution in [-0.2, 0) is 16.1 Å². The third-order valence-electron chi connectivity index (χ3n) is 3.64. The number of esters is 1. The predicted molar refractivity (Wildman–Crippen MR) is 73.4 cm³/mol. The highest BCUT2D eigenvalue weighted by Gasteiger charge is 2.53. The molecule has 0 saturated carbocycles. The van der Waals surface area contributed by atoms with Crippen LogP contribution in [-0.4, -0.2) is 51.9 Å². The van der Waals surface area contributed by atoms with Crippen LogP contribution in [0.4, 0.5) is 4.79 Å². The van der Waals surface area contributed by atoms with Gasteiger partial charge in [0.05, 0.1) is 12.6 Å². The Morgan fingerprint density at radius 2 is 2.05 bits per heavy atom. The Bertz CT molecular complexity index is 521. The summed E-state index contributed by atoms with van der Waals surface area (Å²) in [6, 6.07) is 9.05. The van der Waals surface area contributed by atoms with Gasteiger partial charge in [0.25, 0.3) is 0 Å². The number of β-amino-alcohol motifs (C(OH)–C–C–N with tert-alkyl or cyclic N) is 1. The minimum absolute atomic E-state index is 0.0327. The van der Waals surface area contributed by atoms with Gasteiger partial charge in [-0.3, -0.25) is 4.90 Å². The molecule has 7 heteroatoms. The maximum Gasteiger partial charge on any atom is 0.408 e. The van der Waals surface area contributed by atoms with E-state index in [1.807, 2.05) is 18.2 Å². The number of carbonyl (C=O) groups is 2. The molecule has 1 aromatic carbocycles. The van der Waals surface area contributed by atoms with E-state index >= 15 is 0 Å². The topological polar surface area (TPSA) is 113 Å². The molecule has 0 radical (unpaired) electrons. The fourth-order valence-electron chi connectivity index (χ4n) is 2.54. The summed E-state index contributed by atoms with van der Waals surface area (Å²) in [7, 11) is 0. The standard InChI is InChI=1S/C14H18N2O5/c15-9-14(6-11(17)7-16(14)13(19)20)12(18)21-8-10-4-2-1-3-5-10/h1-5,11,17H,6-9,15H2,(H,19,20)/t11?,14-/m0/s1. The molecular weight excluding hydrogens is 276 g/mol. The number of aliphatic hydroxyl groups is 1. The molecule has 0 bridgehead atoms. The van der Waals surface area contributed by atoms with E-state index in [2.05, 4.69) is 0 Å². The number of hydrogen-bond acceptors (Lipinski definition) is 5. The van der Waals surface area contributed by atoms with Crippen LogP contribution < -0.4 is 5.73 Å². The molecule has 1 unspecified atom stereocenters. The molecule has 0 spiro atoms. The molecule has 0 aromatic heterocycles. The number of rotatable bonds is 4. The van der Waals surface area contributed by atoms with Crippen molar-refractivity contribution < 1.29 is 24.5 Å². The summed E-state index contributed by atoms with van der Waals surface area (Å²) in [5.74, 6) is -0.729. The number of hydrogen-bond donors (Lipinski definition) is 3. The lowest BCUT2D eigenvalue weighted by molar-refractivity contribution is -0.156. The Morgan fingerprint density at radius 3 is 2.62 bits per heavy atom. The van der Waals surface area contributed by atoms with Crippen LogP contribution in [0.3, 0.4) is 0 Å². The molecule has 2 rings (SSSR count). The lowest BCUT2D eigenvalue weighted by atomic mass is 9.96. The van der Waals surface area contributed by atoms with Crippen LogP contribution in [0.25, 0.3) is 0 Å². The zero-order valence-electron chi connectivity index (χ0n) is 11.4. The van der Waals surface area contributed by atoms with Crippen molar-refractivity contribution in [2.24, 2.45) is 5.73 Å². The Hall–Kier alpha value is -2.12. The van der Waals surface area contributed by atoms with Crippen LogP contribution in [0.2, 0.25) is 0 Å². The zero-order chi connectivity index (χ0) is 15.5. The smallest absolute Gasteiger partial charge is 0.408 e. The van der Waals surface area contributed by atoms with E-state index in [4.69, 9.17) is 10.5 Å². The van der Waals surface area contributed by atoms with E-state index in [1.165, 1.54) is 0 Å². The van der Waals surface area contributed by atoms with Crippen molar-refractivity contribution >= 4 is 12.1 Å². The highest BCUT2D eigenvalue weighted by molar-refractivity contribution is 5.86. The van der Waals surface area contributed by atoms with E-state index < -0.39 is 23.7 Å². The molecule has 1 aliphatic heterocycles. The summed E-state index contributed by atoms with van der Waals surface area (Å²) in [6.07, 6.45) is -2.27. The summed E-state index contributed by atoms with van der Waals surface area (Å²) in [5.41, 5.74) is 4.89. The molecule has 2 atom stereocenters. The second kappa shape index (κ2) is 6.11. The SMILES string of the molecule is NC[C@]1(C(=O)OCc2ccccc2)CC(O)CN1C(=O)O. The molecule has 1 saturated heterocycles. The Labute approximate surface area is 121 Å². The average Bonchev–Trinajstić information content (AvgIpc) is 2.84. The van der Waals surface area contributed by atoms with Gasteiger partial charge >= 0.3 is 12.1 Å². The maximum atomic E-state index is 12.3. The Morgan fingerprint density at radius 1 is 1.38 bits per heavy atom. The third-order valence-corrected chi connectivity index (χ3v) is 3.64. The first-order chi connectivity index (χ1) is 9.99. The molecule has 4 N–H and O–H groups in total. The van der Waals surface area contributed by atoms with Gasteiger partial charge in [0.15, 0.2) is 5.54 Å². The molecule has 1 aliphatic rings. The van der Waals surface area contributed by atoms with Gasteiger partial charge in [-0.2, -0.15) is 0 Å². The second-order valence-corrected chi connectivity index (χ2v) is 5.05. The van der Waals surface area contributed by atoms with Crippen LogP contribution in [0.15, 0.2) is 30.3 Å². The van der Waals surface area contributed by atoms with Crippen molar-refractivity contribution in [2.45, 2.75) is 24.7 Å². The fraction of sp³-hybridized carbons (Fsp3) is 0.429. The molecule has 21 heavy (non-hydrogen) atoms. The number of benzene rings is 1. The molecule has 1 heterocycles. The van der Waals surface area contributed by atoms with Gasteiger partial charge in [-0.05, 0) is 5.56 Å². The fourth-order valence-corrected chi connectivity index (χ4v) is 2.54. The number of nitrogens with two attached hydrogens (primary N) is 1. The van der Waals surface area contributed by atoms with E-state index in [9.17, 15) is 19.8 Å². The molecule has 1 fully saturated rings. The summed E-state index contributed by atoms with van der Waals surface area (Å²) in [6.45, 7) is -0.345. The summed E-state index contributed by atoms with van der Waals surface area (Å²) < 4.78 is 5.20. The van der Waals surface area contributed by atoms with E-state index in [-0.39, 0.29) is 26.1 Å². The lowest BCUT2D eigenvalue weighted by Gasteiger charge is -2.32. The Balaban J connectivity index is 2.12. The number of likely N-dealkylation sites (tertiary alicyclic amines) is 1. The molecule has 0 aliphatic carbocycles. The first-order valence-corrected chi connectivity index (χ1v) is 6.59. The molecule has 114 valence electrons. The van der Waals surface area contributed by atoms with E-state index in [0.717, 1.165) is 10.5 Å². The maximum absolute atomic E-state index is 12.3. The lowest BCUT2D eigenvalue weighted by Crippen LogP contribution is -2.58. The van der Waals surface area contributed by atoms with Crippen LogP contribution >= 0.6 is 0 Å². The van der Waals surface area contributed by atoms with Gasteiger partial charge in [-0.15, -0.1) is 0 Å². The third kappa shape index (κ3) is 2.98. The normalized spacial score (nSPS) is 24.9. The van der Waals surface area contributed by atoms with Crippen molar-refractivity contribution in [3.8, 4) is 0 Å².